The quantitative estimate of drug-likeness (QED) is 0.478. The van der Waals surface area contributed by atoms with Gasteiger partial charge in [0.05, 0.1) is 17.9 Å². The second-order valence-corrected chi connectivity index (χ2v) is 7.45. The summed E-state index contributed by atoms with van der Waals surface area (Å²) in [5, 5.41) is 2.85. The molecule has 0 aliphatic heterocycles. The number of ether oxygens (including phenoxy) is 2. The minimum atomic E-state index is -0.312. The van der Waals surface area contributed by atoms with Crippen molar-refractivity contribution in [1.82, 2.24) is 4.98 Å². The van der Waals surface area contributed by atoms with Gasteiger partial charge >= 0.3 is 0 Å². The number of hydrogen-bond acceptors (Lipinski definition) is 5. The summed E-state index contributed by atoms with van der Waals surface area (Å²) in [5.41, 5.74) is 9.84. The Labute approximate surface area is 183 Å². The van der Waals surface area contributed by atoms with Crippen LogP contribution < -0.4 is 15.8 Å². The van der Waals surface area contributed by atoms with Crippen LogP contribution in [0.25, 0.3) is 0 Å². The molecule has 3 rings (SSSR count). The highest BCUT2D eigenvalue weighted by atomic mass is 16.5. The maximum Gasteiger partial charge on any atom is 0.259 e. The van der Waals surface area contributed by atoms with Crippen LogP contribution in [0.5, 0.6) is 11.5 Å². The third-order valence-electron chi connectivity index (χ3n) is 4.96. The van der Waals surface area contributed by atoms with Gasteiger partial charge in [-0.1, -0.05) is 25.5 Å². The number of rotatable bonds is 9. The Morgan fingerprint density at radius 1 is 1.06 bits per heavy atom. The number of carbonyl (C=O) groups is 1. The van der Waals surface area contributed by atoms with Crippen LogP contribution in [0.3, 0.4) is 0 Å². The molecule has 0 aliphatic rings. The van der Waals surface area contributed by atoms with Crippen LogP contribution in [0.1, 0.15) is 46.9 Å². The normalized spacial score (nSPS) is 10.7. The lowest BCUT2D eigenvalue weighted by atomic mass is 10.1. The Kier molecular flexibility index (Phi) is 7.62. The molecule has 0 radical (unpaired) electrons. The fraction of sp³-hybridized carbons (Fsp3) is 0.280. The first-order valence-corrected chi connectivity index (χ1v) is 10.4. The summed E-state index contributed by atoms with van der Waals surface area (Å²) in [6.45, 7) is 4.41. The lowest BCUT2D eigenvalue weighted by molar-refractivity contribution is 0.102. The minimum absolute atomic E-state index is 0.178. The number of nitrogen functional groups attached to an aromatic ring is 1. The van der Waals surface area contributed by atoms with Gasteiger partial charge in [0.2, 0.25) is 0 Å². The summed E-state index contributed by atoms with van der Waals surface area (Å²) in [6, 6.07) is 17.1. The van der Waals surface area contributed by atoms with Gasteiger partial charge in [-0.2, -0.15) is 0 Å². The fourth-order valence-electron chi connectivity index (χ4n) is 3.18. The SMILES string of the molecule is CCCCc1ccc(Oc2ccc(NC(=O)c3cc(C)c(COC)nc3N)cc2)cc1. The first kappa shape index (κ1) is 22.3. The van der Waals surface area contributed by atoms with Crippen molar-refractivity contribution in [3.63, 3.8) is 0 Å². The molecule has 0 fully saturated rings. The van der Waals surface area contributed by atoms with E-state index in [0.29, 0.717) is 23.6 Å². The van der Waals surface area contributed by atoms with E-state index in [-0.39, 0.29) is 11.7 Å². The number of unbranched alkanes of at least 4 members (excludes halogenated alkanes) is 1. The second kappa shape index (κ2) is 10.6. The Morgan fingerprint density at radius 3 is 2.32 bits per heavy atom. The number of carbonyl (C=O) groups excluding carboxylic acids is 1. The molecule has 6 nitrogen and oxygen atoms in total. The summed E-state index contributed by atoms with van der Waals surface area (Å²) in [7, 11) is 1.59. The van der Waals surface area contributed by atoms with E-state index < -0.39 is 0 Å². The molecule has 1 heterocycles. The fourth-order valence-corrected chi connectivity index (χ4v) is 3.18. The van der Waals surface area contributed by atoms with Crippen LogP contribution in [0.15, 0.2) is 54.6 Å². The van der Waals surface area contributed by atoms with Crippen molar-refractivity contribution in [2.75, 3.05) is 18.2 Å². The summed E-state index contributed by atoms with van der Waals surface area (Å²) in [6.07, 6.45) is 3.45. The van der Waals surface area contributed by atoms with E-state index in [1.54, 1.807) is 25.3 Å². The van der Waals surface area contributed by atoms with E-state index in [1.165, 1.54) is 18.4 Å². The van der Waals surface area contributed by atoms with Crippen molar-refractivity contribution in [3.8, 4) is 11.5 Å². The van der Waals surface area contributed by atoms with Crippen molar-refractivity contribution in [3.05, 3.63) is 77.0 Å². The van der Waals surface area contributed by atoms with E-state index in [9.17, 15) is 4.79 Å². The van der Waals surface area contributed by atoms with Crippen LogP contribution in [0.2, 0.25) is 0 Å². The molecule has 1 amide bonds. The molecular weight excluding hydrogens is 390 g/mol. The second-order valence-electron chi connectivity index (χ2n) is 7.45. The molecule has 0 unspecified atom stereocenters. The number of methoxy groups -OCH3 is 1. The Hall–Kier alpha value is -3.38. The number of nitrogens with one attached hydrogen (secondary N) is 1. The van der Waals surface area contributed by atoms with Crippen LogP contribution in [-0.4, -0.2) is 18.0 Å². The maximum atomic E-state index is 12.6. The van der Waals surface area contributed by atoms with Crippen LogP contribution in [0.4, 0.5) is 11.5 Å². The minimum Gasteiger partial charge on any atom is -0.457 e. The number of aromatic nitrogens is 1. The highest BCUT2D eigenvalue weighted by Gasteiger charge is 2.14. The summed E-state index contributed by atoms with van der Waals surface area (Å²) >= 11 is 0. The molecular formula is C25H29N3O3. The Balaban J connectivity index is 1.63. The van der Waals surface area contributed by atoms with E-state index in [1.807, 2.05) is 31.2 Å². The number of amides is 1. The average Bonchev–Trinajstić information content (AvgIpc) is 2.77. The third kappa shape index (κ3) is 6.06. The van der Waals surface area contributed by atoms with E-state index in [0.717, 1.165) is 23.4 Å². The van der Waals surface area contributed by atoms with Gasteiger partial charge in [-0.3, -0.25) is 4.79 Å². The van der Waals surface area contributed by atoms with Crippen molar-refractivity contribution in [1.29, 1.82) is 0 Å². The van der Waals surface area contributed by atoms with Gasteiger partial charge < -0.3 is 20.5 Å². The smallest absolute Gasteiger partial charge is 0.259 e. The first-order chi connectivity index (χ1) is 15.0. The lowest BCUT2D eigenvalue weighted by Crippen LogP contribution is -2.16. The van der Waals surface area contributed by atoms with Gasteiger partial charge in [0.1, 0.15) is 17.3 Å². The van der Waals surface area contributed by atoms with Gasteiger partial charge in [-0.15, -0.1) is 0 Å². The zero-order chi connectivity index (χ0) is 22.2. The molecule has 1 aromatic heterocycles. The van der Waals surface area contributed by atoms with Gasteiger partial charge in [0, 0.05) is 12.8 Å². The lowest BCUT2D eigenvalue weighted by Gasteiger charge is -2.12. The molecule has 0 bridgehead atoms. The number of benzene rings is 2. The van der Waals surface area contributed by atoms with Crippen LogP contribution >= 0.6 is 0 Å². The molecule has 0 saturated carbocycles. The number of anilines is 2. The number of hydrogen-bond donors (Lipinski definition) is 2. The molecule has 0 saturated heterocycles. The molecule has 0 atom stereocenters. The summed E-state index contributed by atoms with van der Waals surface area (Å²) in [4.78, 5) is 16.9. The Bertz CT molecular complexity index is 1020. The van der Waals surface area contributed by atoms with Crippen LogP contribution in [0, 0.1) is 6.92 Å². The summed E-state index contributed by atoms with van der Waals surface area (Å²) < 4.78 is 11.0. The van der Waals surface area contributed by atoms with E-state index in [4.69, 9.17) is 15.2 Å². The molecule has 0 spiro atoms. The molecule has 2 aromatic carbocycles. The Morgan fingerprint density at radius 2 is 1.71 bits per heavy atom. The standard InChI is InChI=1S/C25H29N3O3/c1-4-5-6-18-7-11-20(12-8-18)31-21-13-9-19(10-14-21)27-25(29)22-15-17(2)23(16-30-3)28-24(22)26/h7-15H,4-6,16H2,1-3H3,(H2,26,28)(H,27,29). The zero-order valence-corrected chi connectivity index (χ0v) is 18.3. The maximum absolute atomic E-state index is 12.6. The number of nitrogens with two attached hydrogens (primary N) is 1. The molecule has 0 aliphatic carbocycles. The number of pyridine rings is 1. The average molecular weight is 420 g/mol. The molecule has 3 aromatic rings. The van der Waals surface area contributed by atoms with Gasteiger partial charge in [-0.25, -0.2) is 4.98 Å². The molecule has 3 N–H and O–H groups in total. The van der Waals surface area contributed by atoms with Crippen molar-refractivity contribution >= 4 is 17.4 Å². The van der Waals surface area contributed by atoms with Gasteiger partial charge in [0.15, 0.2) is 0 Å². The predicted octanol–water partition coefficient (Wildman–Crippen LogP) is 5.51. The van der Waals surface area contributed by atoms with E-state index in [2.05, 4.69) is 29.4 Å². The highest BCUT2D eigenvalue weighted by Crippen LogP contribution is 2.24. The van der Waals surface area contributed by atoms with Crippen molar-refractivity contribution in [2.24, 2.45) is 0 Å². The summed E-state index contributed by atoms with van der Waals surface area (Å²) in [5.74, 6) is 1.34. The van der Waals surface area contributed by atoms with Crippen molar-refractivity contribution < 1.29 is 14.3 Å². The largest absolute Gasteiger partial charge is 0.457 e. The number of nitrogens with zero attached hydrogens (tertiary/aromatic N) is 1. The number of aryl methyl sites for hydroxylation is 2. The third-order valence-corrected chi connectivity index (χ3v) is 4.96. The monoisotopic (exact) mass is 419 g/mol. The first-order valence-electron chi connectivity index (χ1n) is 10.4. The highest BCUT2D eigenvalue weighted by molar-refractivity contribution is 6.07. The van der Waals surface area contributed by atoms with Crippen LogP contribution in [-0.2, 0) is 17.8 Å². The molecule has 31 heavy (non-hydrogen) atoms. The zero-order valence-electron chi connectivity index (χ0n) is 18.3. The topological polar surface area (TPSA) is 86.5 Å². The van der Waals surface area contributed by atoms with Gasteiger partial charge in [0.25, 0.3) is 5.91 Å². The molecule has 6 heteroatoms. The van der Waals surface area contributed by atoms with Crippen molar-refractivity contribution in [2.45, 2.75) is 39.7 Å². The molecule has 162 valence electrons. The van der Waals surface area contributed by atoms with Gasteiger partial charge in [-0.05, 0) is 73.4 Å². The predicted molar refractivity (Wildman–Crippen MR) is 124 cm³/mol. The van der Waals surface area contributed by atoms with E-state index >= 15 is 0 Å².